The van der Waals surface area contributed by atoms with Gasteiger partial charge in [0.1, 0.15) is 17.9 Å². The van der Waals surface area contributed by atoms with Crippen molar-refractivity contribution < 1.29 is 9.53 Å². The first-order valence-corrected chi connectivity index (χ1v) is 10.7. The van der Waals surface area contributed by atoms with Crippen LogP contribution in [0.4, 0.5) is 0 Å². The smallest absolute Gasteiger partial charge is 0.272 e. The molecule has 1 saturated carbocycles. The lowest BCUT2D eigenvalue weighted by molar-refractivity contribution is 0.0778. The molecule has 0 atom stereocenters. The van der Waals surface area contributed by atoms with Gasteiger partial charge < -0.3 is 9.64 Å². The summed E-state index contributed by atoms with van der Waals surface area (Å²) < 4.78 is 6.08. The first-order valence-electron chi connectivity index (χ1n) is 10.7. The maximum atomic E-state index is 13.2. The Kier molecular flexibility index (Phi) is 5.23. The van der Waals surface area contributed by atoms with E-state index >= 15 is 0 Å². The Morgan fingerprint density at radius 3 is 2.88 bits per heavy atom. The lowest BCUT2D eigenvalue weighted by atomic mass is 10.0. The van der Waals surface area contributed by atoms with E-state index < -0.39 is 0 Å². The molecule has 33 heavy (non-hydrogen) atoms. The van der Waals surface area contributed by atoms with Crippen LogP contribution in [0.3, 0.4) is 0 Å². The van der Waals surface area contributed by atoms with Crippen LogP contribution in [0.25, 0.3) is 22.0 Å². The average molecular weight is 438 g/mol. The van der Waals surface area contributed by atoms with Crippen molar-refractivity contribution in [3.05, 3.63) is 71.3 Å². The van der Waals surface area contributed by atoms with Crippen LogP contribution in [0.1, 0.15) is 40.2 Å². The van der Waals surface area contributed by atoms with Gasteiger partial charge in [0.2, 0.25) is 5.88 Å². The SMILES string of the molecule is Cc1cccc(-c2ccc(C(=O)N(C)Cc3cnc(C#N)c4cn[nH]c34)nc2OC2CC2)c1. The van der Waals surface area contributed by atoms with Crippen molar-refractivity contribution in [2.75, 3.05) is 7.05 Å². The van der Waals surface area contributed by atoms with E-state index in [2.05, 4.69) is 32.3 Å². The monoisotopic (exact) mass is 438 g/mol. The Morgan fingerprint density at radius 2 is 2.12 bits per heavy atom. The normalized spacial score (nSPS) is 13.0. The van der Waals surface area contributed by atoms with Crippen LogP contribution in [0.2, 0.25) is 0 Å². The zero-order valence-electron chi connectivity index (χ0n) is 18.4. The Balaban J connectivity index is 1.43. The summed E-state index contributed by atoms with van der Waals surface area (Å²) in [4.78, 5) is 23.6. The first kappa shape index (κ1) is 20.6. The Bertz CT molecular complexity index is 1400. The molecule has 3 heterocycles. The molecule has 1 fully saturated rings. The van der Waals surface area contributed by atoms with Crippen LogP contribution in [0, 0.1) is 18.3 Å². The van der Waals surface area contributed by atoms with Crippen LogP contribution < -0.4 is 4.74 Å². The standard InChI is InChI=1S/C25H22N6O2/c1-15-4-3-5-16(10-15)19-8-9-21(29-24(19)33-18-6-7-18)25(32)31(2)14-17-12-27-22(11-26)20-13-28-30-23(17)20/h3-5,8-10,12-13,18H,6-7,14H2,1-2H3,(H,28,30). The number of ether oxygens (including phenoxy) is 1. The zero-order valence-corrected chi connectivity index (χ0v) is 18.4. The highest BCUT2D eigenvalue weighted by Gasteiger charge is 2.27. The second-order valence-electron chi connectivity index (χ2n) is 8.30. The maximum Gasteiger partial charge on any atom is 0.272 e. The van der Waals surface area contributed by atoms with Crippen molar-refractivity contribution in [3.63, 3.8) is 0 Å². The third kappa shape index (κ3) is 4.13. The number of aryl methyl sites for hydroxylation is 1. The average Bonchev–Trinajstić information content (AvgIpc) is 3.49. The van der Waals surface area contributed by atoms with Crippen LogP contribution in [-0.2, 0) is 6.54 Å². The van der Waals surface area contributed by atoms with Gasteiger partial charge in [-0.25, -0.2) is 9.97 Å². The molecule has 0 bridgehead atoms. The number of nitrogens with one attached hydrogen (secondary N) is 1. The Labute approximate surface area is 190 Å². The maximum absolute atomic E-state index is 13.2. The third-order valence-electron chi connectivity index (χ3n) is 5.64. The van der Waals surface area contributed by atoms with Gasteiger partial charge in [0.15, 0.2) is 5.69 Å². The second kappa shape index (κ2) is 8.36. The summed E-state index contributed by atoms with van der Waals surface area (Å²) in [6, 6.07) is 13.8. The highest BCUT2D eigenvalue weighted by Crippen LogP contribution is 2.34. The van der Waals surface area contributed by atoms with E-state index in [1.807, 2.05) is 31.2 Å². The van der Waals surface area contributed by atoms with E-state index in [9.17, 15) is 10.1 Å². The van der Waals surface area contributed by atoms with Gasteiger partial charge in [-0.1, -0.05) is 29.8 Å². The fourth-order valence-corrected chi connectivity index (χ4v) is 3.74. The van der Waals surface area contributed by atoms with Gasteiger partial charge in [-0.2, -0.15) is 10.4 Å². The molecule has 0 saturated heterocycles. The quantitative estimate of drug-likeness (QED) is 0.487. The summed E-state index contributed by atoms with van der Waals surface area (Å²) in [7, 11) is 1.71. The van der Waals surface area contributed by atoms with E-state index in [0.29, 0.717) is 28.2 Å². The topological polar surface area (TPSA) is 108 Å². The molecule has 1 aliphatic carbocycles. The molecule has 8 heteroatoms. The van der Waals surface area contributed by atoms with E-state index in [-0.39, 0.29) is 18.6 Å². The number of pyridine rings is 2. The number of fused-ring (bicyclic) bond motifs is 1. The van der Waals surface area contributed by atoms with Gasteiger partial charge in [0.25, 0.3) is 5.91 Å². The fourth-order valence-electron chi connectivity index (χ4n) is 3.74. The van der Waals surface area contributed by atoms with E-state index in [1.54, 1.807) is 30.4 Å². The summed E-state index contributed by atoms with van der Waals surface area (Å²) in [5.74, 6) is 0.252. The van der Waals surface area contributed by atoms with Crippen LogP contribution in [0.5, 0.6) is 5.88 Å². The van der Waals surface area contributed by atoms with Crippen molar-refractivity contribution in [1.82, 2.24) is 25.1 Å². The molecule has 1 N–H and O–H groups in total. The number of hydrogen-bond acceptors (Lipinski definition) is 6. The number of carbonyl (C=O) groups excluding carboxylic acids is 1. The van der Waals surface area contributed by atoms with Crippen LogP contribution in [-0.4, -0.2) is 44.1 Å². The predicted octanol–water partition coefficient (Wildman–Crippen LogP) is 4.01. The fraction of sp³-hybridized carbons (Fsp3) is 0.240. The van der Waals surface area contributed by atoms with Gasteiger partial charge >= 0.3 is 0 Å². The molecule has 8 nitrogen and oxygen atoms in total. The lowest BCUT2D eigenvalue weighted by Gasteiger charge is -2.18. The second-order valence-corrected chi connectivity index (χ2v) is 8.30. The number of H-pyrrole nitrogens is 1. The predicted molar refractivity (Wildman–Crippen MR) is 122 cm³/mol. The summed E-state index contributed by atoms with van der Waals surface area (Å²) in [5.41, 5.74) is 5.10. The third-order valence-corrected chi connectivity index (χ3v) is 5.64. The van der Waals surface area contributed by atoms with Crippen molar-refractivity contribution in [3.8, 4) is 23.1 Å². The van der Waals surface area contributed by atoms with E-state index in [0.717, 1.165) is 35.1 Å². The number of nitriles is 1. The largest absolute Gasteiger partial charge is 0.474 e. The van der Waals surface area contributed by atoms with Gasteiger partial charge in [-0.3, -0.25) is 9.89 Å². The molecule has 1 aliphatic rings. The van der Waals surface area contributed by atoms with Gasteiger partial charge in [-0.15, -0.1) is 0 Å². The van der Waals surface area contributed by atoms with Gasteiger partial charge in [0, 0.05) is 30.9 Å². The molecule has 3 aromatic heterocycles. The van der Waals surface area contributed by atoms with Gasteiger partial charge in [0.05, 0.1) is 17.1 Å². The molecule has 0 radical (unpaired) electrons. The minimum atomic E-state index is -0.233. The van der Waals surface area contributed by atoms with Crippen LogP contribution in [0.15, 0.2) is 48.8 Å². The molecule has 1 amide bonds. The molecule has 164 valence electrons. The van der Waals surface area contributed by atoms with Crippen LogP contribution >= 0.6 is 0 Å². The van der Waals surface area contributed by atoms with Crippen molar-refractivity contribution >= 4 is 16.8 Å². The number of benzene rings is 1. The van der Waals surface area contributed by atoms with E-state index in [4.69, 9.17) is 4.74 Å². The number of carbonyl (C=O) groups is 1. The number of aromatic amines is 1. The molecular formula is C25H22N6O2. The summed E-state index contributed by atoms with van der Waals surface area (Å²) in [6.07, 6.45) is 5.32. The lowest BCUT2D eigenvalue weighted by Crippen LogP contribution is -2.27. The molecule has 5 rings (SSSR count). The Morgan fingerprint density at radius 1 is 1.27 bits per heavy atom. The number of aromatic nitrogens is 4. The molecule has 0 unspecified atom stereocenters. The molecule has 0 aliphatic heterocycles. The molecule has 4 aromatic rings. The van der Waals surface area contributed by atoms with Crippen molar-refractivity contribution in [2.45, 2.75) is 32.4 Å². The molecular weight excluding hydrogens is 416 g/mol. The minimum absolute atomic E-state index is 0.155. The Hall–Kier alpha value is -4.25. The molecule has 0 spiro atoms. The zero-order chi connectivity index (χ0) is 22.9. The van der Waals surface area contributed by atoms with Crippen molar-refractivity contribution in [2.24, 2.45) is 0 Å². The van der Waals surface area contributed by atoms with Crippen molar-refractivity contribution in [1.29, 1.82) is 5.26 Å². The summed E-state index contributed by atoms with van der Waals surface area (Å²) in [6.45, 7) is 2.33. The number of amides is 1. The summed E-state index contributed by atoms with van der Waals surface area (Å²) in [5, 5.41) is 16.8. The highest BCUT2D eigenvalue weighted by atomic mass is 16.5. The summed E-state index contributed by atoms with van der Waals surface area (Å²) >= 11 is 0. The van der Waals surface area contributed by atoms with Gasteiger partial charge in [-0.05, 0) is 37.5 Å². The number of hydrogen-bond donors (Lipinski definition) is 1. The first-order chi connectivity index (χ1) is 16.0. The number of rotatable bonds is 6. The molecule has 1 aromatic carbocycles. The minimum Gasteiger partial charge on any atom is -0.474 e. The number of nitrogens with zero attached hydrogens (tertiary/aromatic N) is 5. The highest BCUT2D eigenvalue weighted by molar-refractivity contribution is 5.93. The van der Waals surface area contributed by atoms with E-state index in [1.165, 1.54) is 0 Å².